The first kappa shape index (κ1) is 30.2. The molecule has 4 rings (SSSR count). The number of ether oxygens (including phenoxy) is 1. The van der Waals surface area contributed by atoms with Gasteiger partial charge in [-0.05, 0) is 64.1 Å². The van der Waals surface area contributed by atoms with Crippen LogP contribution in [0.1, 0.15) is 24.5 Å². The molecular formula is C27H23BrF6N4O3. The summed E-state index contributed by atoms with van der Waals surface area (Å²) in [6.07, 6.45) is -4.19. The molecule has 1 unspecified atom stereocenters. The molecule has 0 spiro atoms. The van der Waals surface area contributed by atoms with Crippen LogP contribution in [0.3, 0.4) is 0 Å². The number of halogens is 7. The van der Waals surface area contributed by atoms with Crippen LogP contribution in [0.4, 0.5) is 32.0 Å². The maximum Gasteiger partial charge on any atom is 0.423 e. The molecule has 0 aliphatic heterocycles. The third-order valence-electron chi connectivity index (χ3n) is 6.24. The molecular weight excluding hydrogens is 622 g/mol. The van der Waals surface area contributed by atoms with E-state index in [9.17, 15) is 35.9 Å². The molecule has 0 aliphatic carbocycles. The van der Waals surface area contributed by atoms with Crippen molar-refractivity contribution in [1.82, 2.24) is 14.3 Å². The van der Waals surface area contributed by atoms with Crippen LogP contribution in [-0.2, 0) is 19.3 Å². The number of hydrogen-bond acceptors (Lipinski definition) is 5. The van der Waals surface area contributed by atoms with Crippen molar-refractivity contribution in [2.45, 2.75) is 44.6 Å². The van der Waals surface area contributed by atoms with E-state index in [1.165, 1.54) is 26.2 Å². The van der Waals surface area contributed by atoms with Crippen molar-refractivity contribution in [2.24, 2.45) is 0 Å². The minimum absolute atomic E-state index is 0.105. The molecule has 0 bridgehead atoms. The lowest BCUT2D eigenvalue weighted by Gasteiger charge is -2.24. The number of alkyl halides is 5. The fourth-order valence-electron chi connectivity index (χ4n) is 4.37. The predicted molar refractivity (Wildman–Crippen MR) is 144 cm³/mol. The van der Waals surface area contributed by atoms with E-state index in [1.54, 1.807) is 24.3 Å². The van der Waals surface area contributed by atoms with Crippen LogP contribution in [0.5, 0.6) is 5.75 Å². The zero-order valence-corrected chi connectivity index (χ0v) is 23.2. The van der Waals surface area contributed by atoms with Gasteiger partial charge < -0.3 is 14.6 Å². The van der Waals surface area contributed by atoms with Crippen LogP contribution >= 0.6 is 15.9 Å². The summed E-state index contributed by atoms with van der Waals surface area (Å²) in [5.41, 5.74) is -4.13. The van der Waals surface area contributed by atoms with E-state index in [0.717, 1.165) is 18.5 Å². The molecule has 0 saturated carbocycles. The number of fused-ring (bicyclic) bond motifs is 1. The summed E-state index contributed by atoms with van der Waals surface area (Å²) in [7, 11) is 1.45. The summed E-state index contributed by atoms with van der Waals surface area (Å²) in [6, 6.07) is 8.66. The van der Waals surface area contributed by atoms with Crippen LogP contribution in [0, 0.1) is 5.82 Å². The number of anilines is 1. The zero-order chi connectivity index (χ0) is 30.1. The van der Waals surface area contributed by atoms with Gasteiger partial charge in [0, 0.05) is 18.7 Å². The van der Waals surface area contributed by atoms with Crippen LogP contribution in [0.2, 0.25) is 0 Å². The van der Waals surface area contributed by atoms with Gasteiger partial charge in [-0.25, -0.2) is 17.9 Å². The van der Waals surface area contributed by atoms with Gasteiger partial charge in [0.2, 0.25) is 0 Å². The van der Waals surface area contributed by atoms with Gasteiger partial charge in [-0.3, -0.25) is 9.59 Å². The summed E-state index contributed by atoms with van der Waals surface area (Å²) < 4.78 is 92.1. The Morgan fingerprint density at radius 3 is 2.37 bits per heavy atom. The molecule has 0 fully saturated rings. The highest BCUT2D eigenvalue weighted by Crippen LogP contribution is 2.33. The third-order valence-corrected chi connectivity index (χ3v) is 6.85. The molecule has 0 radical (unpaired) electrons. The fraction of sp³-hybridized carbons (Fsp3) is 0.296. The van der Waals surface area contributed by atoms with Crippen LogP contribution < -0.4 is 21.2 Å². The summed E-state index contributed by atoms with van der Waals surface area (Å²) in [4.78, 5) is 25.5. The van der Waals surface area contributed by atoms with E-state index in [1.807, 2.05) is 0 Å². The Hall–Kier alpha value is -3.81. The summed E-state index contributed by atoms with van der Waals surface area (Å²) in [5, 5.41) is 6.37. The Balaban J connectivity index is 1.54. The summed E-state index contributed by atoms with van der Waals surface area (Å²) >= 11 is 3.00. The van der Waals surface area contributed by atoms with E-state index >= 15 is 0 Å². The van der Waals surface area contributed by atoms with Crippen LogP contribution in [-0.4, -0.2) is 33.4 Å². The monoisotopic (exact) mass is 644 g/mol. The van der Waals surface area contributed by atoms with E-state index in [4.69, 9.17) is 4.74 Å². The lowest BCUT2D eigenvalue weighted by molar-refractivity contribution is -0.138. The Morgan fingerprint density at radius 2 is 1.73 bits per heavy atom. The molecule has 2 aromatic carbocycles. The smallest absolute Gasteiger partial charge is 0.423 e. The number of benzene rings is 2. The van der Waals surface area contributed by atoms with E-state index in [2.05, 4.69) is 26.3 Å². The van der Waals surface area contributed by atoms with Gasteiger partial charge in [0.15, 0.2) is 0 Å². The van der Waals surface area contributed by atoms with Crippen LogP contribution in [0.25, 0.3) is 10.8 Å². The highest BCUT2D eigenvalue weighted by molar-refractivity contribution is 9.10. The van der Waals surface area contributed by atoms with Crippen molar-refractivity contribution in [3.8, 4) is 5.75 Å². The second kappa shape index (κ2) is 11.6. The minimum atomic E-state index is -5.10. The van der Waals surface area contributed by atoms with Crippen molar-refractivity contribution in [3.05, 3.63) is 97.0 Å². The Kier molecular flexibility index (Phi) is 8.52. The molecule has 1 N–H and O–H groups in total. The molecule has 2 heterocycles. The number of hydrogen-bond donors (Lipinski definition) is 1. The van der Waals surface area contributed by atoms with E-state index < -0.39 is 59.3 Å². The lowest BCUT2D eigenvalue weighted by Crippen LogP contribution is -2.37. The molecule has 0 aliphatic rings. The van der Waals surface area contributed by atoms with Gasteiger partial charge in [-0.1, -0.05) is 12.1 Å². The average molecular weight is 645 g/mol. The van der Waals surface area contributed by atoms with E-state index in [-0.39, 0.29) is 16.4 Å². The van der Waals surface area contributed by atoms with Crippen molar-refractivity contribution >= 4 is 32.4 Å². The normalized spacial score (nSPS) is 12.9. The number of methoxy groups -OCH3 is 1. The number of nitrogens with one attached hydrogen (secondary N) is 1. The van der Waals surface area contributed by atoms with Gasteiger partial charge in [0.25, 0.3) is 17.0 Å². The Morgan fingerprint density at radius 1 is 1.05 bits per heavy atom. The quantitative estimate of drug-likeness (QED) is 0.224. The number of pyridine rings is 1. The van der Waals surface area contributed by atoms with Gasteiger partial charge in [0.05, 0.1) is 41.9 Å². The van der Waals surface area contributed by atoms with Crippen molar-refractivity contribution in [1.29, 1.82) is 0 Å². The number of aromatic nitrogens is 3. The molecule has 0 amide bonds. The van der Waals surface area contributed by atoms with Crippen molar-refractivity contribution in [2.75, 3.05) is 12.4 Å². The second-order valence-electron chi connectivity index (χ2n) is 9.45. The van der Waals surface area contributed by atoms with Crippen LogP contribution in [0.15, 0.2) is 68.9 Å². The average Bonchev–Trinajstić information content (AvgIpc) is 2.88. The van der Waals surface area contributed by atoms with Gasteiger partial charge in [0.1, 0.15) is 17.1 Å². The zero-order valence-electron chi connectivity index (χ0n) is 21.6. The SMILES string of the molecule is COc1ccc(Cn2ncc(NC(C)CC(F)(F)Cn3ccc4cc(Br)c(F)cc4c3=O)c(C(F)(F)F)c2=O)cc1. The first-order chi connectivity index (χ1) is 19.2. The molecule has 1 atom stereocenters. The summed E-state index contributed by atoms with van der Waals surface area (Å²) in [6.45, 7) is -0.145. The highest BCUT2D eigenvalue weighted by atomic mass is 79.9. The predicted octanol–water partition coefficient (Wildman–Crippen LogP) is 6.06. The molecule has 41 heavy (non-hydrogen) atoms. The molecule has 218 valence electrons. The molecule has 0 saturated heterocycles. The maximum atomic E-state index is 15.0. The first-order valence-corrected chi connectivity index (χ1v) is 12.9. The van der Waals surface area contributed by atoms with Gasteiger partial charge >= 0.3 is 6.18 Å². The van der Waals surface area contributed by atoms with Gasteiger partial charge in [-0.15, -0.1) is 0 Å². The van der Waals surface area contributed by atoms with E-state index in [0.29, 0.717) is 25.9 Å². The van der Waals surface area contributed by atoms with Crippen molar-refractivity contribution < 1.29 is 31.1 Å². The highest BCUT2D eigenvalue weighted by Gasteiger charge is 2.39. The first-order valence-electron chi connectivity index (χ1n) is 12.1. The lowest BCUT2D eigenvalue weighted by atomic mass is 10.1. The topological polar surface area (TPSA) is 78.2 Å². The molecule has 2 aromatic heterocycles. The molecule has 7 nitrogen and oxygen atoms in total. The molecule has 4 aromatic rings. The fourth-order valence-corrected chi connectivity index (χ4v) is 4.73. The number of nitrogens with zero attached hydrogens (tertiary/aromatic N) is 3. The van der Waals surface area contributed by atoms with Gasteiger partial charge in [-0.2, -0.15) is 18.3 Å². The largest absolute Gasteiger partial charge is 0.497 e. The maximum absolute atomic E-state index is 15.0. The Labute approximate surface area is 237 Å². The molecule has 14 heteroatoms. The third kappa shape index (κ3) is 6.92. The summed E-state index contributed by atoms with van der Waals surface area (Å²) in [5.74, 6) is -3.78. The van der Waals surface area contributed by atoms with Crippen molar-refractivity contribution in [3.63, 3.8) is 0 Å². The Bertz CT molecular complexity index is 1690. The number of rotatable bonds is 9. The standard InChI is InChI=1S/C27H23BrF6N4O3/c1-15(11-26(30,31)14-37-8-7-17-9-20(28)21(29)10-19(17)24(37)39)36-22-12-35-38(25(40)23(22)27(32,33)34)13-16-3-5-18(41-2)6-4-16/h3-10,12,15,36H,11,13-14H2,1-2H3. The second-order valence-corrected chi connectivity index (χ2v) is 10.3. The minimum Gasteiger partial charge on any atom is -0.497 e.